The van der Waals surface area contributed by atoms with Gasteiger partial charge in [0.1, 0.15) is 0 Å². The Morgan fingerprint density at radius 2 is 2.38 bits per heavy atom. The first-order valence-corrected chi connectivity index (χ1v) is 8.16. The van der Waals surface area contributed by atoms with E-state index in [2.05, 4.69) is 0 Å². The molecular formula is C11H16O3S2. The molecule has 5 heteroatoms. The largest absolute Gasteiger partial charge is 0.393 e. The zero-order valence-corrected chi connectivity index (χ0v) is 10.6. The Morgan fingerprint density at radius 1 is 1.56 bits per heavy atom. The van der Waals surface area contributed by atoms with Crippen molar-refractivity contribution in [2.24, 2.45) is 5.92 Å². The fourth-order valence-electron chi connectivity index (χ4n) is 2.19. The molecule has 0 aliphatic carbocycles. The lowest BCUT2D eigenvalue weighted by atomic mass is 9.99. The summed E-state index contributed by atoms with van der Waals surface area (Å²) >= 11 is 1.63. The van der Waals surface area contributed by atoms with E-state index >= 15 is 0 Å². The Balaban J connectivity index is 1.82. The maximum Gasteiger partial charge on any atom is 0.150 e. The predicted octanol–water partition coefficient (Wildman–Crippen LogP) is 1.48. The van der Waals surface area contributed by atoms with Gasteiger partial charge < -0.3 is 5.11 Å². The molecule has 2 rings (SSSR count). The minimum atomic E-state index is -2.81. The summed E-state index contributed by atoms with van der Waals surface area (Å²) in [5.74, 6) is 0.706. The number of hydrogen-bond donors (Lipinski definition) is 1. The lowest BCUT2D eigenvalue weighted by Gasteiger charge is -2.13. The van der Waals surface area contributed by atoms with Crippen molar-refractivity contribution in [1.82, 2.24) is 0 Å². The second-order valence-corrected chi connectivity index (χ2v) is 7.70. The molecule has 16 heavy (non-hydrogen) atoms. The van der Waals surface area contributed by atoms with Gasteiger partial charge in [-0.2, -0.15) is 0 Å². The number of thiophene rings is 1. The van der Waals surface area contributed by atoms with Gasteiger partial charge in [0.25, 0.3) is 0 Å². The van der Waals surface area contributed by atoms with Crippen LogP contribution < -0.4 is 0 Å². The molecule has 1 N–H and O–H groups in total. The third-order valence-corrected chi connectivity index (χ3v) is 5.68. The van der Waals surface area contributed by atoms with Crippen LogP contribution in [0.5, 0.6) is 0 Å². The number of aliphatic hydroxyl groups is 1. The van der Waals surface area contributed by atoms with Crippen LogP contribution in [0.1, 0.15) is 17.7 Å². The lowest BCUT2D eigenvalue weighted by molar-refractivity contribution is 0.147. The first kappa shape index (κ1) is 12.1. The monoisotopic (exact) mass is 260 g/mol. The number of rotatable bonds is 4. The number of aliphatic hydroxyl groups excluding tert-OH is 1. The summed E-state index contributed by atoms with van der Waals surface area (Å²) in [6.45, 7) is 0. The highest BCUT2D eigenvalue weighted by Gasteiger charge is 2.29. The molecule has 2 heterocycles. The first-order chi connectivity index (χ1) is 7.55. The highest BCUT2D eigenvalue weighted by Crippen LogP contribution is 2.24. The molecule has 90 valence electrons. The Kier molecular flexibility index (Phi) is 3.66. The first-order valence-electron chi connectivity index (χ1n) is 5.46. The van der Waals surface area contributed by atoms with E-state index in [1.807, 2.05) is 17.5 Å². The van der Waals surface area contributed by atoms with Crippen LogP contribution in [-0.4, -0.2) is 31.1 Å². The van der Waals surface area contributed by atoms with Gasteiger partial charge in [0.05, 0.1) is 17.6 Å². The molecule has 0 bridgehead atoms. The molecule has 1 aliphatic rings. The van der Waals surface area contributed by atoms with E-state index < -0.39 is 15.9 Å². The summed E-state index contributed by atoms with van der Waals surface area (Å²) < 4.78 is 22.5. The fourth-order valence-corrected chi connectivity index (χ4v) is 4.84. The minimum Gasteiger partial charge on any atom is -0.393 e. The van der Waals surface area contributed by atoms with E-state index in [9.17, 15) is 13.5 Å². The zero-order chi connectivity index (χ0) is 11.6. The van der Waals surface area contributed by atoms with Gasteiger partial charge in [-0.05, 0) is 30.2 Å². The minimum absolute atomic E-state index is 0.153. The van der Waals surface area contributed by atoms with Crippen LogP contribution >= 0.6 is 11.3 Å². The second kappa shape index (κ2) is 4.85. The van der Waals surface area contributed by atoms with Gasteiger partial charge in [0.2, 0.25) is 0 Å². The van der Waals surface area contributed by atoms with Crippen LogP contribution in [0.2, 0.25) is 0 Å². The molecule has 0 radical (unpaired) electrons. The molecule has 0 spiro atoms. The van der Waals surface area contributed by atoms with Crippen molar-refractivity contribution < 1.29 is 13.5 Å². The topological polar surface area (TPSA) is 54.4 Å². The number of hydrogen-bond acceptors (Lipinski definition) is 4. The molecule has 3 nitrogen and oxygen atoms in total. The summed E-state index contributed by atoms with van der Waals surface area (Å²) in [6, 6.07) is 3.96. The van der Waals surface area contributed by atoms with Crippen LogP contribution in [0.25, 0.3) is 0 Å². The van der Waals surface area contributed by atoms with E-state index in [0.29, 0.717) is 25.0 Å². The van der Waals surface area contributed by atoms with Crippen molar-refractivity contribution in [3.8, 4) is 0 Å². The van der Waals surface area contributed by atoms with Crippen molar-refractivity contribution in [3.63, 3.8) is 0 Å². The summed E-state index contributed by atoms with van der Waals surface area (Å²) in [5.41, 5.74) is 0. The number of sulfone groups is 1. The molecule has 1 aromatic heterocycles. The van der Waals surface area contributed by atoms with Gasteiger partial charge >= 0.3 is 0 Å². The molecule has 2 atom stereocenters. The smallest absolute Gasteiger partial charge is 0.150 e. The highest BCUT2D eigenvalue weighted by atomic mass is 32.2. The van der Waals surface area contributed by atoms with Gasteiger partial charge in [-0.25, -0.2) is 8.42 Å². The molecule has 0 aromatic carbocycles. The molecule has 1 aromatic rings. The van der Waals surface area contributed by atoms with Gasteiger partial charge in [0, 0.05) is 11.3 Å². The maximum absolute atomic E-state index is 11.3. The normalized spacial score (nSPS) is 25.7. The summed E-state index contributed by atoms with van der Waals surface area (Å²) in [7, 11) is -2.81. The van der Waals surface area contributed by atoms with Gasteiger partial charge in [-0.15, -0.1) is 11.3 Å². The van der Waals surface area contributed by atoms with Crippen LogP contribution in [0.3, 0.4) is 0 Å². The standard InChI is InChI=1S/C11H16O3S2/c12-10(7-11-2-1-4-15-11)6-9-3-5-16(13,14)8-9/h1-2,4,9-10,12H,3,5-8H2. The SMILES string of the molecule is O=S1(=O)CCC(CC(O)Cc2cccs2)C1. The van der Waals surface area contributed by atoms with Gasteiger partial charge in [0.15, 0.2) is 9.84 Å². The van der Waals surface area contributed by atoms with Crippen molar-refractivity contribution in [2.45, 2.75) is 25.4 Å². The zero-order valence-electron chi connectivity index (χ0n) is 9.00. The van der Waals surface area contributed by atoms with Crippen molar-refractivity contribution >= 4 is 21.2 Å². The quantitative estimate of drug-likeness (QED) is 0.892. The molecule has 0 amide bonds. The average Bonchev–Trinajstić information content (AvgIpc) is 2.76. The lowest BCUT2D eigenvalue weighted by Crippen LogP contribution is -2.16. The molecule has 0 saturated carbocycles. The van der Waals surface area contributed by atoms with E-state index in [4.69, 9.17) is 0 Å². The Labute approximate surface area is 100 Å². The van der Waals surface area contributed by atoms with E-state index in [0.717, 1.165) is 4.88 Å². The highest BCUT2D eigenvalue weighted by molar-refractivity contribution is 7.91. The molecule has 1 saturated heterocycles. The molecule has 1 aliphatic heterocycles. The Morgan fingerprint density at radius 3 is 2.94 bits per heavy atom. The van der Waals surface area contributed by atoms with Crippen molar-refractivity contribution in [2.75, 3.05) is 11.5 Å². The van der Waals surface area contributed by atoms with E-state index in [1.165, 1.54) is 0 Å². The third kappa shape index (κ3) is 3.30. The van der Waals surface area contributed by atoms with Crippen molar-refractivity contribution in [1.29, 1.82) is 0 Å². The van der Waals surface area contributed by atoms with Crippen LogP contribution in [-0.2, 0) is 16.3 Å². The maximum atomic E-state index is 11.3. The van der Waals surface area contributed by atoms with Gasteiger partial charge in [-0.1, -0.05) is 6.07 Å². The van der Waals surface area contributed by atoms with Crippen LogP contribution in [0.15, 0.2) is 17.5 Å². The van der Waals surface area contributed by atoms with Crippen molar-refractivity contribution in [3.05, 3.63) is 22.4 Å². The van der Waals surface area contributed by atoms with E-state index in [-0.39, 0.29) is 11.7 Å². The van der Waals surface area contributed by atoms with Crippen LogP contribution in [0, 0.1) is 5.92 Å². The van der Waals surface area contributed by atoms with Gasteiger partial charge in [-0.3, -0.25) is 0 Å². The molecular weight excluding hydrogens is 244 g/mol. The molecule has 1 fully saturated rings. The average molecular weight is 260 g/mol. The summed E-state index contributed by atoms with van der Waals surface area (Å²) in [5, 5.41) is 11.9. The summed E-state index contributed by atoms with van der Waals surface area (Å²) in [6.07, 6.45) is 1.56. The second-order valence-electron chi connectivity index (χ2n) is 4.44. The summed E-state index contributed by atoms with van der Waals surface area (Å²) in [4.78, 5) is 1.16. The predicted molar refractivity (Wildman–Crippen MR) is 65.4 cm³/mol. The molecule has 2 unspecified atom stereocenters. The fraction of sp³-hybridized carbons (Fsp3) is 0.636. The van der Waals surface area contributed by atoms with Crippen LogP contribution in [0.4, 0.5) is 0 Å². The third-order valence-electron chi connectivity index (χ3n) is 2.95. The Bertz CT molecular complexity index is 422. The van der Waals surface area contributed by atoms with E-state index in [1.54, 1.807) is 11.3 Å². The Hall–Kier alpha value is -0.390.